The Morgan fingerprint density at radius 1 is 1.12 bits per heavy atom. The van der Waals surface area contributed by atoms with Crippen LogP contribution in [0.25, 0.3) is 27.6 Å². The number of allylic oxidation sites excluding steroid dienone is 1. The van der Waals surface area contributed by atoms with E-state index in [1.807, 2.05) is 18.5 Å². The van der Waals surface area contributed by atoms with Crippen LogP contribution < -0.4 is 10.0 Å². The summed E-state index contributed by atoms with van der Waals surface area (Å²) in [6, 6.07) is 3.69. The monoisotopic (exact) mass is 585 g/mol. The lowest BCUT2D eigenvalue weighted by Crippen LogP contribution is -2.20. The summed E-state index contributed by atoms with van der Waals surface area (Å²) in [5, 5.41) is 16.0. The van der Waals surface area contributed by atoms with Crippen molar-refractivity contribution < 1.29 is 16.8 Å². The summed E-state index contributed by atoms with van der Waals surface area (Å²) >= 11 is 0. The van der Waals surface area contributed by atoms with Gasteiger partial charge in [0.2, 0.25) is 10.0 Å². The van der Waals surface area contributed by atoms with Crippen LogP contribution in [0.15, 0.2) is 49.3 Å². The third-order valence-corrected chi connectivity index (χ3v) is 8.17. The molecule has 4 rings (SSSR count). The van der Waals surface area contributed by atoms with E-state index in [9.17, 15) is 16.8 Å². The van der Waals surface area contributed by atoms with Crippen LogP contribution in [0.1, 0.15) is 32.6 Å². The molecule has 13 nitrogen and oxygen atoms in total. The number of aryl methyl sites for hydroxylation is 1. The SMILES string of the molecule is CCS(=O)(=O)N/C=C(\C=N)c1nccc(Nc2cc3c(cn2)c(-c2cnn(CCS(C)(=O)=O)c2)cn3C(C)C)n1. The van der Waals surface area contributed by atoms with Crippen LogP contribution in [0.4, 0.5) is 11.6 Å². The molecule has 15 heteroatoms. The maximum atomic E-state index is 11.8. The van der Waals surface area contributed by atoms with Crippen LogP contribution >= 0.6 is 0 Å². The molecule has 0 aliphatic rings. The minimum Gasteiger partial charge on any atom is -0.344 e. The molecule has 0 spiro atoms. The molecule has 0 amide bonds. The van der Waals surface area contributed by atoms with Crippen LogP contribution in [0.3, 0.4) is 0 Å². The fraction of sp³-hybridized carbons (Fsp3) is 0.320. The number of nitrogens with zero attached hydrogens (tertiary/aromatic N) is 6. The second kappa shape index (κ2) is 11.6. The van der Waals surface area contributed by atoms with Crippen molar-refractivity contribution in [3.05, 3.63) is 55.1 Å². The van der Waals surface area contributed by atoms with E-state index < -0.39 is 19.9 Å². The second-order valence-corrected chi connectivity index (χ2v) is 13.7. The molecule has 0 saturated carbocycles. The van der Waals surface area contributed by atoms with Crippen molar-refractivity contribution in [2.75, 3.05) is 23.1 Å². The fourth-order valence-electron chi connectivity index (χ4n) is 3.86. The molecule has 0 aromatic carbocycles. The smallest absolute Gasteiger partial charge is 0.231 e. The van der Waals surface area contributed by atoms with Crippen molar-refractivity contribution in [2.45, 2.75) is 33.4 Å². The maximum absolute atomic E-state index is 11.8. The number of fused-ring (bicyclic) bond motifs is 1. The molecular weight excluding hydrogens is 554 g/mol. The summed E-state index contributed by atoms with van der Waals surface area (Å²) < 4.78 is 52.7. The Bertz CT molecular complexity index is 1790. The first-order chi connectivity index (χ1) is 18.9. The summed E-state index contributed by atoms with van der Waals surface area (Å²) in [4.78, 5) is 13.1. The van der Waals surface area contributed by atoms with Crippen LogP contribution in [0, 0.1) is 5.41 Å². The zero-order valence-electron chi connectivity index (χ0n) is 22.5. The summed E-state index contributed by atoms with van der Waals surface area (Å²) in [5.74, 6) is 1.02. The van der Waals surface area contributed by atoms with Gasteiger partial charge in [0.25, 0.3) is 0 Å². The Morgan fingerprint density at radius 3 is 2.58 bits per heavy atom. The Morgan fingerprint density at radius 2 is 1.90 bits per heavy atom. The van der Waals surface area contributed by atoms with Crippen molar-refractivity contribution in [3.8, 4) is 11.1 Å². The highest BCUT2D eigenvalue weighted by Crippen LogP contribution is 2.33. The van der Waals surface area contributed by atoms with Crippen molar-refractivity contribution in [3.63, 3.8) is 0 Å². The molecule has 0 aliphatic heterocycles. The van der Waals surface area contributed by atoms with Gasteiger partial charge in [-0.3, -0.25) is 9.40 Å². The number of pyridine rings is 1. The van der Waals surface area contributed by atoms with Crippen LogP contribution in [-0.4, -0.2) is 70.1 Å². The molecule has 0 aliphatic carbocycles. The van der Waals surface area contributed by atoms with Crippen LogP contribution in [-0.2, 0) is 26.4 Å². The summed E-state index contributed by atoms with van der Waals surface area (Å²) in [6.45, 7) is 5.93. The average Bonchev–Trinajstić information content (AvgIpc) is 3.52. The van der Waals surface area contributed by atoms with E-state index in [-0.39, 0.29) is 35.5 Å². The van der Waals surface area contributed by atoms with Crippen molar-refractivity contribution >= 4 is 54.2 Å². The van der Waals surface area contributed by atoms with E-state index in [0.29, 0.717) is 11.6 Å². The first-order valence-corrected chi connectivity index (χ1v) is 16.1. The number of aromatic nitrogens is 6. The lowest BCUT2D eigenvalue weighted by molar-refractivity contribution is 0.585. The van der Waals surface area contributed by atoms with Gasteiger partial charge >= 0.3 is 0 Å². The molecule has 0 bridgehead atoms. The standard InChI is InChI=1S/C25H31N9O4S2/c1-5-40(37,38)30-13-18(11-26)25-27-7-6-23(32-25)31-24-10-22-20(14-28-24)21(16-34(22)17(2)3)19-12-29-33(15-19)8-9-39(4,35)36/h6-7,10-17,26,30H,5,8-9H2,1-4H3,(H,27,28,31,32)/b18-13+,26-11?. The molecule has 0 fully saturated rings. The fourth-order valence-corrected chi connectivity index (χ4v) is 4.85. The van der Waals surface area contributed by atoms with Gasteiger partial charge in [-0.2, -0.15) is 5.10 Å². The Kier molecular flexibility index (Phi) is 8.34. The first-order valence-electron chi connectivity index (χ1n) is 12.4. The molecule has 0 saturated heterocycles. The highest BCUT2D eigenvalue weighted by Gasteiger charge is 2.16. The quantitative estimate of drug-likeness (QED) is 0.211. The predicted octanol–water partition coefficient (Wildman–Crippen LogP) is 2.99. The average molecular weight is 586 g/mol. The molecule has 4 aromatic rings. The topological polar surface area (TPSA) is 178 Å². The molecule has 3 N–H and O–H groups in total. The maximum Gasteiger partial charge on any atom is 0.231 e. The third kappa shape index (κ3) is 6.90. The first kappa shape index (κ1) is 28.9. The Balaban J connectivity index is 1.63. The van der Waals surface area contributed by atoms with Gasteiger partial charge in [0.05, 0.1) is 35.3 Å². The molecule has 40 heavy (non-hydrogen) atoms. The predicted molar refractivity (Wildman–Crippen MR) is 156 cm³/mol. The van der Waals surface area contributed by atoms with Gasteiger partial charge in [0.15, 0.2) is 5.82 Å². The van der Waals surface area contributed by atoms with Crippen molar-refractivity contribution in [1.29, 1.82) is 5.41 Å². The lowest BCUT2D eigenvalue weighted by atomic mass is 10.1. The van der Waals surface area contributed by atoms with E-state index in [1.54, 1.807) is 23.1 Å². The van der Waals surface area contributed by atoms with Crippen molar-refractivity contribution in [1.82, 2.24) is 34.0 Å². The zero-order valence-corrected chi connectivity index (χ0v) is 24.2. The second-order valence-electron chi connectivity index (χ2n) is 9.41. The van der Waals surface area contributed by atoms with E-state index in [0.717, 1.165) is 28.2 Å². The Labute approximate surface area is 232 Å². The van der Waals surface area contributed by atoms with Crippen molar-refractivity contribution in [2.24, 2.45) is 0 Å². The van der Waals surface area contributed by atoms with Gasteiger partial charge in [0.1, 0.15) is 21.5 Å². The summed E-state index contributed by atoms with van der Waals surface area (Å²) in [7, 11) is -6.59. The normalized spacial score (nSPS) is 12.7. The van der Waals surface area contributed by atoms with E-state index in [4.69, 9.17) is 5.41 Å². The zero-order chi connectivity index (χ0) is 29.1. The van der Waals surface area contributed by atoms with Crippen LogP contribution in [0.5, 0.6) is 0 Å². The summed E-state index contributed by atoms with van der Waals surface area (Å²) in [6.07, 6.45) is 12.2. The lowest BCUT2D eigenvalue weighted by Gasteiger charge is -2.11. The van der Waals surface area contributed by atoms with Gasteiger partial charge in [-0.25, -0.2) is 31.8 Å². The number of sulfone groups is 1. The summed E-state index contributed by atoms with van der Waals surface area (Å²) in [5.41, 5.74) is 2.90. The highest BCUT2D eigenvalue weighted by atomic mass is 32.2. The molecular formula is C25H31N9O4S2. The highest BCUT2D eigenvalue weighted by molar-refractivity contribution is 7.90. The number of rotatable bonds is 12. The van der Waals surface area contributed by atoms with Gasteiger partial charge < -0.3 is 15.3 Å². The largest absolute Gasteiger partial charge is 0.344 e. The number of sulfonamides is 1. The van der Waals surface area contributed by atoms with Gasteiger partial charge in [-0.05, 0) is 26.8 Å². The Hall–Kier alpha value is -4.11. The molecule has 4 aromatic heterocycles. The number of hydrogen-bond acceptors (Lipinski definition) is 10. The number of nitrogens with one attached hydrogen (secondary N) is 3. The molecule has 212 valence electrons. The van der Waals surface area contributed by atoms with Crippen LogP contribution in [0.2, 0.25) is 0 Å². The minimum atomic E-state index is -3.49. The van der Waals surface area contributed by atoms with Gasteiger partial charge in [-0.15, -0.1) is 0 Å². The molecule has 4 heterocycles. The molecule has 0 radical (unpaired) electrons. The van der Waals surface area contributed by atoms with E-state index >= 15 is 0 Å². The van der Waals surface area contributed by atoms with E-state index in [1.165, 1.54) is 25.6 Å². The minimum absolute atomic E-state index is 0.00861. The number of hydrogen-bond donors (Lipinski definition) is 3. The third-order valence-electron chi connectivity index (χ3n) is 6.01. The van der Waals surface area contributed by atoms with E-state index in [2.05, 4.69) is 48.5 Å². The molecule has 0 atom stereocenters. The van der Waals surface area contributed by atoms with Gasteiger partial charge in [-0.1, -0.05) is 0 Å². The number of anilines is 2. The molecule has 0 unspecified atom stereocenters. The van der Waals surface area contributed by atoms with Gasteiger partial charge in [0, 0.05) is 72.1 Å².